The van der Waals surface area contributed by atoms with Gasteiger partial charge in [-0.1, -0.05) is 41.7 Å². The lowest BCUT2D eigenvalue weighted by molar-refractivity contribution is 0.301. The minimum absolute atomic E-state index is 0.0523. The van der Waals surface area contributed by atoms with Crippen LogP contribution >= 0.6 is 11.3 Å². The number of nitrogens with zero attached hydrogens (tertiary/aromatic N) is 1. The molecule has 0 radical (unpaired) electrons. The zero-order chi connectivity index (χ0) is 16.1. The lowest BCUT2D eigenvalue weighted by atomic mass is 10.1. The number of benzene rings is 2. The molecule has 2 N–H and O–H groups in total. The van der Waals surface area contributed by atoms with Crippen molar-refractivity contribution < 1.29 is 4.74 Å². The number of nitrogen functional groups attached to an aromatic ring is 1. The van der Waals surface area contributed by atoms with Crippen molar-refractivity contribution in [2.45, 2.75) is 13.0 Å². The van der Waals surface area contributed by atoms with Gasteiger partial charge in [0.25, 0.3) is 0 Å². The van der Waals surface area contributed by atoms with Crippen LogP contribution in [0.25, 0.3) is 11.3 Å². The van der Waals surface area contributed by atoms with Gasteiger partial charge in [0, 0.05) is 17.6 Å². The van der Waals surface area contributed by atoms with E-state index in [4.69, 9.17) is 10.5 Å². The SMILES string of the molecule is Nc1ccc(-c2csc(=O)n2CCCOc2ccccc2)cc1. The molecule has 0 amide bonds. The molecule has 0 saturated carbocycles. The molecule has 4 nitrogen and oxygen atoms in total. The Morgan fingerprint density at radius 3 is 2.52 bits per heavy atom. The number of rotatable bonds is 6. The second kappa shape index (κ2) is 7.15. The molecule has 0 aliphatic rings. The van der Waals surface area contributed by atoms with Crippen LogP contribution in [-0.4, -0.2) is 11.2 Å². The van der Waals surface area contributed by atoms with Gasteiger partial charge in [0.2, 0.25) is 0 Å². The van der Waals surface area contributed by atoms with Gasteiger partial charge in [-0.15, -0.1) is 0 Å². The predicted octanol–water partition coefficient (Wildman–Crippen LogP) is 3.63. The second-order valence-corrected chi connectivity index (χ2v) is 6.00. The average molecular weight is 326 g/mol. The molecule has 0 bridgehead atoms. The van der Waals surface area contributed by atoms with Crippen LogP contribution in [0.1, 0.15) is 6.42 Å². The third kappa shape index (κ3) is 3.81. The average Bonchev–Trinajstić information content (AvgIpc) is 2.94. The lowest BCUT2D eigenvalue weighted by Gasteiger charge is -2.09. The van der Waals surface area contributed by atoms with Crippen molar-refractivity contribution in [2.24, 2.45) is 0 Å². The molecule has 0 unspecified atom stereocenters. The molecule has 2 aromatic carbocycles. The van der Waals surface area contributed by atoms with E-state index < -0.39 is 0 Å². The maximum Gasteiger partial charge on any atom is 0.307 e. The van der Waals surface area contributed by atoms with Gasteiger partial charge in [0.1, 0.15) is 5.75 Å². The molecular formula is C18H18N2O2S. The highest BCUT2D eigenvalue weighted by Gasteiger charge is 2.08. The van der Waals surface area contributed by atoms with E-state index in [0.29, 0.717) is 18.8 Å². The van der Waals surface area contributed by atoms with Crippen LogP contribution in [0, 0.1) is 0 Å². The van der Waals surface area contributed by atoms with Crippen LogP contribution in [0.2, 0.25) is 0 Å². The van der Waals surface area contributed by atoms with Crippen molar-refractivity contribution >= 4 is 17.0 Å². The summed E-state index contributed by atoms with van der Waals surface area (Å²) in [4.78, 5) is 12.1. The molecule has 3 aromatic rings. The molecular weight excluding hydrogens is 308 g/mol. The van der Waals surface area contributed by atoms with Crippen molar-refractivity contribution in [1.29, 1.82) is 0 Å². The van der Waals surface area contributed by atoms with E-state index in [0.717, 1.165) is 23.4 Å². The Bertz CT molecular complexity index is 807. The summed E-state index contributed by atoms with van der Waals surface area (Å²) >= 11 is 1.22. The fourth-order valence-corrected chi connectivity index (χ4v) is 3.14. The first-order valence-corrected chi connectivity index (χ1v) is 8.34. The number of para-hydroxylation sites is 1. The van der Waals surface area contributed by atoms with Gasteiger partial charge < -0.3 is 10.5 Å². The smallest absolute Gasteiger partial charge is 0.307 e. The predicted molar refractivity (Wildman–Crippen MR) is 95.0 cm³/mol. The van der Waals surface area contributed by atoms with Crippen LogP contribution in [0.3, 0.4) is 0 Å². The Kier molecular flexibility index (Phi) is 4.78. The fraction of sp³-hybridized carbons (Fsp3) is 0.167. The summed E-state index contributed by atoms with van der Waals surface area (Å²) in [6.07, 6.45) is 0.771. The number of thiazole rings is 1. The molecule has 1 heterocycles. The number of nitrogens with two attached hydrogens (primary N) is 1. The number of hydrogen-bond donors (Lipinski definition) is 1. The summed E-state index contributed by atoms with van der Waals surface area (Å²) in [7, 11) is 0. The third-order valence-corrected chi connectivity index (χ3v) is 4.29. The molecule has 118 valence electrons. The zero-order valence-electron chi connectivity index (χ0n) is 12.6. The molecule has 1 aromatic heterocycles. The van der Waals surface area contributed by atoms with E-state index in [1.807, 2.05) is 60.0 Å². The number of anilines is 1. The van der Waals surface area contributed by atoms with Gasteiger partial charge in [-0.2, -0.15) is 0 Å². The number of hydrogen-bond acceptors (Lipinski definition) is 4. The Balaban J connectivity index is 1.65. The summed E-state index contributed by atoms with van der Waals surface area (Å²) in [5.41, 5.74) is 8.37. The molecule has 0 aliphatic carbocycles. The highest BCUT2D eigenvalue weighted by Crippen LogP contribution is 2.21. The van der Waals surface area contributed by atoms with E-state index in [1.54, 1.807) is 4.57 Å². The Morgan fingerprint density at radius 2 is 1.78 bits per heavy atom. The maximum atomic E-state index is 12.1. The fourth-order valence-electron chi connectivity index (χ4n) is 2.35. The quantitative estimate of drug-likeness (QED) is 0.556. The monoisotopic (exact) mass is 326 g/mol. The molecule has 0 aliphatic heterocycles. The molecule has 3 rings (SSSR count). The highest BCUT2D eigenvalue weighted by atomic mass is 32.1. The zero-order valence-corrected chi connectivity index (χ0v) is 13.5. The van der Waals surface area contributed by atoms with E-state index in [1.165, 1.54) is 11.3 Å². The summed E-state index contributed by atoms with van der Waals surface area (Å²) < 4.78 is 7.47. The van der Waals surface area contributed by atoms with Crippen molar-refractivity contribution in [2.75, 3.05) is 12.3 Å². The Labute approximate surface area is 138 Å². The Hall–Kier alpha value is -2.53. The topological polar surface area (TPSA) is 57.2 Å². The second-order valence-electron chi connectivity index (χ2n) is 5.18. The van der Waals surface area contributed by atoms with E-state index >= 15 is 0 Å². The largest absolute Gasteiger partial charge is 0.494 e. The van der Waals surface area contributed by atoms with Gasteiger partial charge in [-0.3, -0.25) is 9.36 Å². The molecule has 0 fully saturated rings. The standard InChI is InChI=1S/C18H18N2O2S/c19-15-9-7-14(8-10-15)17-13-23-18(21)20(17)11-4-12-22-16-5-2-1-3-6-16/h1-3,5-10,13H,4,11-12,19H2. The molecule has 0 spiro atoms. The van der Waals surface area contributed by atoms with Gasteiger partial charge in [0.05, 0.1) is 12.3 Å². The summed E-state index contributed by atoms with van der Waals surface area (Å²) in [5.74, 6) is 0.851. The van der Waals surface area contributed by atoms with E-state index in [2.05, 4.69) is 0 Å². The van der Waals surface area contributed by atoms with Crippen LogP contribution in [0.15, 0.2) is 64.8 Å². The molecule has 0 atom stereocenters. The van der Waals surface area contributed by atoms with Crippen LogP contribution in [0.4, 0.5) is 5.69 Å². The minimum atomic E-state index is 0.0523. The first kappa shape index (κ1) is 15.4. The normalized spacial score (nSPS) is 10.6. The summed E-state index contributed by atoms with van der Waals surface area (Å²) in [6, 6.07) is 17.3. The van der Waals surface area contributed by atoms with Crippen molar-refractivity contribution in [3.8, 4) is 17.0 Å². The van der Waals surface area contributed by atoms with Crippen LogP contribution < -0.4 is 15.3 Å². The first-order valence-electron chi connectivity index (χ1n) is 7.46. The Morgan fingerprint density at radius 1 is 1.04 bits per heavy atom. The van der Waals surface area contributed by atoms with Gasteiger partial charge in [0.15, 0.2) is 0 Å². The van der Waals surface area contributed by atoms with Crippen LogP contribution in [0.5, 0.6) is 5.75 Å². The first-order chi connectivity index (χ1) is 11.2. The molecule has 5 heteroatoms. The molecule has 0 saturated heterocycles. The highest BCUT2D eigenvalue weighted by molar-refractivity contribution is 7.07. The van der Waals surface area contributed by atoms with E-state index in [9.17, 15) is 4.79 Å². The van der Waals surface area contributed by atoms with Gasteiger partial charge in [-0.05, 0) is 36.2 Å². The molecule has 23 heavy (non-hydrogen) atoms. The number of aromatic nitrogens is 1. The maximum absolute atomic E-state index is 12.1. The summed E-state index contributed by atoms with van der Waals surface area (Å²) in [6.45, 7) is 1.21. The van der Waals surface area contributed by atoms with Crippen molar-refractivity contribution in [3.63, 3.8) is 0 Å². The van der Waals surface area contributed by atoms with Gasteiger partial charge in [-0.25, -0.2) is 0 Å². The van der Waals surface area contributed by atoms with Gasteiger partial charge >= 0.3 is 4.87 Å². The summed E-state index contributed by atoms with van der Waals surface area (Å²) in [5, 5.41) is 1.89. The number of ether oxygens (including phenoxy) is 1. The van der Waals surface area contributed by atoms with Crippen LogP contribution in [-0.2, 0) is 6.54 Å². The van der Waals surface area contributed by atoms with E-state index in [-0.39, 0.29) is 4.87 Å². The lowest BCUT2D eigenvalue weighted by Crippen LogP contribution is -2.16. The third-order valence-electron chi connectivity index (χ3n) is 3.53. The van der Waals surface area contributed by atoms with Crippen molar-refractivity contribution in [3.05, 3.63) is 69.6 Å². The van der Waals surface area contributed by atoms with Crippen molar-refractivity contribution in [1.82, 2.24) is 4.57 Å². The minimum Gasteiger partial charge on any atom is -0.494 e.